The number of nitrogens with two attached hydrogens (primary N) is 1. The zero-order valence-electron chi connectivity index (χ0n) is 11.3. The average molecular weight is 267 g/mol. The van der Waals surface area contributed by atoms with E-state index >= 15 is 0 Å². The van der Waals surface area contributed by atoms with Crippen molar-refractivity contribution >= 4 is 11.6 Å². The topological polar surface area (TPSA) is 29.3 Å². The summed E-state index contributed by atoms with van der Waals surface area (Å²) in [5.74, 6) is 0. The van der Waals surface area contributed by atoms with Crippen LogP contribution in [0.5, 0.6) is 0 Å². The lowest BCUT2D eigenvalue weighted by molar-refractivity contribution is 0.128. The first kappa shape index (κ1) is 13.9. The maximum atomic E-state index is 6.34. The standard InChI is InChI=1S/C15H23ClN2/c1-3-8-18-9-4-5-14(17)15(18)12-7-6-11(2)13(16)10-12/h6-7,10,14-15H,3-5,8-9,17H2,1-2H3. The van der Waals surface area contributed by atoms with Gasteiger partial charge in [0.2, 0.25) is 0 Å². The van der Waals surface area contributed by atoms with Crippen molar-refractivity contribution in [1.82, 2.24) is 4.90 Å². The molecule has 3 heteroatoms. The van der Waals surface area contributed by atoms with Crippen LogP contribution >= 0.6 is 11.6 Å². The van der Waals surface area contributed by atoms with E-state index in [9.17, 15) is 0 Å². The molecule has 1 aliphatic heterocycles. The first-order chi connectivity index (χ1) is 8.63. The van der Waals surface area contributed by atoms with Crippen molar-refractivity contribution in [3.05, 3.63) is 34.3 Å². The quantitative estimate of drug-likeness (QED) is 0.907. The molecule has 2 atom stereocenters. The van der Waals surface area contributed by atoms with E-state index in [1.54, 1.807) is 0 Å². The summed E-state index contributed by atoms with van der Waals surface area (Å²) in [6.07, 6.45) is 3.48. The number of rotatable bonds is 3. The van der Waals surface area contributed by atoms with Crippen LogP contribution in [0.2, 0.25) is 5.02 Å². The van der Waals surface area contributed by atoms with E-state index in [4.69, 9.17) is 17.3 Å². The molecule has 2 unspecified atom stereocenters. The molecule has 18 heavy (non-hydrogen) atoms. The van der Waals surface area contributed by atoms with Crippen LogP contribution < -0.4 is 5.73 Å². The van der Waals surface area contributed by atoms with E-state index < -0.39 is 0 Å². The SMILES string of the molecule is CCCN1CCCC(N)C1c1ccc(C)c(Cl)c1. The summed E-state index contributed by atoms with van der Waals surface area (Å²) in [4.78, 5) is 2.51. The molecule has 0 radical (unpaired) electrons. The fourth-order valence-corrected chi connectivity index (χ4v) is 3.08. The molecule has 0 spiro atoms. The number of likely N-dealkylation sites (tertiary alicyclic amines) is 1. The predicted molar refractivity (Wildman–Crippen MR) is 78.0 cm³/mol. The molecule has 1 aromatic carbocycles. The molecule has 0 amide bonds. The van der Waals surface area contributed by atoms with Crippen LogP contribution in [0.25, 0.3) is 0 Å². The first-order valence-electron chi connectivity index (χ1n) is 6.89. The molecule has 0 bridgehead atoms. The zero-order valence-corrected chi connectivity index (χ0v) is 12.1. The van der Waals surface area contributed by atoms with Gasteiger partial charge < -0.3 is 5.73 Å². The number of aryl methyl sites for hydroxylation is 1. The number of nitrogens with zero attached hydrogens (tertiary/aromatic N) is 1. The van der Waals surface area contributed by atoms with Crippen molar-refractivity contribution in [1.29, 1.82) is 0 Å². The minimum absolute atomic E-state index is 0.226. The van der Waals surface area contributed by atoms with Gasteiger partial charge >= 0.3 is 0 Å². The van der Waals surface area contributed by atoms with Crippen LogP contribution in [0.1, 0.15) is 43.4 Å². The summed E-state index contributed by atoms with van der Waals surface area (Å²) in [5.41, 5.74) is 8.74. The predicted octanol–water partition coefficient (Wildman–Crippen LogP) is 3.52. The van der Waals surface area contributed by atoms with Crippen LogP contribution in [0.4, 0.5) is 0 Å². The molecule has 0 saturated carbocycles. The number of piperidine rings is 1. The third-order valence-corrected chi connectivity index (χ3v) is 4.24. The molecule has 100 valence electrons. The molecular formula is C15H23ClN2. The fraction of sp³-hybridized carbons (Fsp3) is 0.600. The van der Waals surface area contributed by atoms with Crippen molar-refractivity contribution in [2.24, 2.45) is 5.73 Å². The maximum Gasteiger partial charge on any atom is 0.0499 e. The molecule has 1 aliphatic rings. The summed E-state index contributed by atoms with van der Waals surface area (Å²) in [5, 5.41) is 0.849. The van der Waals surface area contributed by atoms with Crippen molar-refractivity contribution in [2.45, 2.75) is 45.2 Å². The van der Waals surface area contributed by atoms with Crippen LogP contribution in [0, 0.1) is 6.92 Å². The Hall–Kier alpha value is -0.570. The molecular weight excluding hydrogens is 244 g/mol. The minimum Gasteiger partial charge on any atom is -0.326 e. The lowest BCUT2D eigenvalue weighted by Crippen LogP contribution is -2.46. The fourth-order valence-electron chi connectivity index (χ4n) is 2.89. The zero-order chi connectivity index (χ0) is 13.1. The Bertz CT molecular complexity index is 403. The molecule has 2 rings (SSSR count). The van der Waals surface area contributed by atoms with Crippen molar-refractivity contribution in [2.75, 3.05) is 13.1 Å². The van der Waals surface area contributed by atoms with Gasteiger partial charge in [-0.2, -0.15) is 0 Å². The highest BCUT2D eigenvalue weighted by Gasteiger charge is 2.29. The van der Waals surface area contributed by atoms with E-state index in [1.807, 2.05) is 6.92 Å². The lowest BCUT2D eigenvalue weighted by Gasteiger charge is -2.40. The Kier molecular flexibility index (Phi) is 4.66. The van der Waals surface area contributed by atoms with Gasteiger partial charge in [-0.05, 0) is 56.5 Å². The summed E-state index contributed by atoms with van der Waals surface area (Å²) in [7, 11) is 0. The first-order valence-corrected chi connectivity index (χ1v) is 7.27. The number of halogens is 1. The third-order valence-electron chi connectivity index (χ3n) is 3.83. The van der Waals surface area contributed by atoms with Gasteiger partial charge in [0.15, 0.2) is 0 Å². The second-order valence-corrected chi connectivity index (χ2v) is 5.70. The Balaban J connectivity index is 2.28. The molecule has 1 saturated heterocycles. The highest BCUT2D eigenvalue weighted by atomic mass is 35.5. The largest absolute Gasteiger partial charge is 0.326 e. The molecule has 1 aromatic rings. The van der Waals surface area contributed by atoms with E-state index in [0.29, 0.717) is 6.04 Å². The highest BCUT2D eigenvalue weighted by molar-refractivity contribution is 6.31. The highest BCUT2D eigenvalue weighted by Crippen LogP contribution is 2.32. The van der Waals surface area contributed by atoms with Gasteiger partial charge in [-0.15, -0.1) is 0 Å². The van der Waals surface area contributed by atoms with Gasteiger partial charge in [0, 0.05) is 17.1 Å². The van der Waals surface area contributed by atoms with Crippen molar-refractivity contribution < 1.29 is 0 Å². The van der Waals surface area contributed by atoms with E-state index in [-0.39, 0.29) is 6.04 Å². The molecule has 1 fully saturated rings. The van der Waals surface area contributed by atoms with Gasteiger partial charge in [0.05, 0.1) is 0 Å². The maximum absolute atomic E-state index is 6.34. The Morgan fingerprint density at radius 1 is 1.44 bits per heavy atom. The summed E-state index contributed by atoms with van der Waals surface area (Å²) in [6, 6.07) is 6.93. The van der Waals surface area contributed by atoms with Gasteiger partial charge in [0.25, 0.3) is 0 Å². The minimum atomic E-state index is 0.226. The monoisotopic (exact) mass is 266 g/mol. The third kappa shape index (κ3) is 2.87. The van der Waals surface area contributed by atoms with Gasteiger partial charge in [-0.25, -0.2) is 0 Å². The van der Waals surface area contributed by atoms with Gasteiger partial charge in [-0.1, -0.05) is 30.7 Å². The van der Waals surface area contributed by atoms with Gasteiger partial charge in [-0.3, -0.25) is 4.90 Å². The molecule has 2 N–H and O–H groups in total. The van der Waals surface area contributed by atoms with Crippen LogP contribution in [0.15, 0.2) is 18.2 Å². The van der Waals surface area contributed by atoms with Crippen molar-refractivity contribution in [3.63, 3.8) is 0 Å². The summed E-state index contributed by atoms with van der Waals surface area (Å²) >= 11 is 6.25. The molecule has 0 aliphatic carbocycles. The molecule has 0 aromatic heterocycles. The second-order valence-electron chi connectivity index (χ2n) is 5.30. The normalized spacial score (nSPS) is 25.3. The van der Waals surface area contributed by atoms with E-state index in [0.717, 1.165) is 30.1 Å². The lowest BCUT2D eigenvalue weighted by atomic mass is 9.90. The van der Waals surface area contributed by atoms with Crippen LogP contribution in [-0.4, -0.2) is 24.0 Å². The van der Waals surface area contributed by atoms with Crippen LogP contribution in [0.3, 0.4) is 0 Å². The molecule has 1 heterocycles. The number of benzene rings is 1. The number of hydrogen-bond donors (Lipinski definition) is 1. The summed E-state index contributed by atoms with van der Waals surface area (Å²) in [6.45, 7) is 6.53. The average Bonchev–Trinajstić information content (AvgIpc) is 2.34. The van der Waals surface area contributed by atoms with E-state index in [1.165, 1.54) is 18.4 Å². The van der Waals surface area contributed by atoms with Gasteiger partial charge in [0.1, 0.15) is 0 Å². The number of hydrogen-bond acceptors (Lipinski definition) is 2. The second kappa shape index (κ2) is 6.05. The Morgan fingerprint density at radius 2 is 2.22 bits per heavy atom. The van der Waals surface area contributed by atoms with E-state index in [2.05, 4.69) is 30.0 Å². The Labute approximate surface area is 115 Å². The summed E-state index contributed by atoms with van der Waals surface area (Å²) < 4.78 is 0. The van der Waals surface area contributed by atoms with Crippen LogP contribution in [-0.2, 0) is 0 Å². The smallest absolute Gasteiger partial charge is 0.0499 e. The van der Waals surface area contributed by atoms with Crippen molar-refractivity contribution in [3.8, 4) is 0 Å². The molecule has 2 nitrogen and oxygen atoms in total. The Morgan fingerprint density at radius 3 is 2.89 bits per heavy atom.